The molecule has 0 spiro atoms. The number of rotatable bonds is 9. The summed E-state index contributed by atoms with van der Waals surface area (Å²) in [5, 5.41) is 11.9. The van der Waals surface area contributed by atoms with Crippen molar-refractivity contribution in [2.24, 2.45) is 0 Å². The molecule has 0 saturated carbocycles. The first kappa shape index (κ1) is 23.1. The third-order valence-electron chi connectivity index (χ3n) is 4.66. The normalized spacial score (nSPS) is 10.7. The summed E-state index contributed by atoms with van der Waals surface area (Å²) in [5.74, 6) is 1.17. The number of nitrogens with zero attached hydrogens (tertiary/aromatic N) is 3. The van der Waals surface area contributed by atoms with Gasteiger partial charge in [0.1, 0.15) is 11.6 Å². The second-order valence-electron chi connectivity index (χ2n) is 7.15. The van der Waals surface area contributed by atoms with Crippen molar-refractivity contribution in [2.45, 2.75) is 18.5 Å². The minimum absolute atomic E-state index is 0.111. The van der Waals surface area contributed by atoms with Crippen LogP contribution in [0.25, 0.3) is 5.69 Å². The van der Waals surface area contributed by atoms with Gasteiger partial charge >= 0.3 is 5.69 Å². The summed E-state index contributed by atoms with van der Waals surface area (Å²) >= 11 is 1.23. The Kier molecular flexibility index (Phi) is 7.23. The molecule has 1 amide bonds. The van der Waals surface area contributed by atoms with Crippen LogP contribution in [0.3, 0.4) is 0 Å². The van der Waals surface area contributed by atoms with E-state index < -0.39 is 11.2 Å². The fraction of sp³-hybridized carbons (Fsp3) is 0.174. The topological polar surface area (TPSA) is 135 Å². The summed E-state index contributed by atoms with van der Waals surface area (Å²) in [7, 11) is 0. The van der Waals surface area contributed by atoms with E-state index in [1.807, 2.05) is 37.3 Å². The highest BCUT2D eigenvalue weighted by Gasteiger charge is 2.17. The van der Waals surface area contributed by atoms with Gasteiger partial charge in [0, 0.05) is 29.6 Å². The zero-order chi connectivity index (χ0) is 23.9. The number of anilines is 1. The van der Waals surface area contributed by atoms with E-state index in [1.165, 1.54) is 17.8 Å². The van der Waals surface area contributed by atoms with Gasteiger partial charge in [0.15, 0.2) is 5.16 Å². The number of carbonyl (C=O) groups excluding carboxylic acids is 1. The average Bonchev–Trinajstić information content (AvgIpc) is 3.21. The highest BCUT2D eigenvalue weighted by molar-refractivity contribution is 7.99. The van der Waals surface area contributed by atoms with Crippen LogP contribution >= 0.6 is 11.8 Å². The van der Waals surface area contributed by atoms with Crippen LogP contribution in [0.2, 0.25) is 0 Å². The Labute approximate surface area is 198 Å². The van der Waals surface area contributed by atoms with Gasteiger partial charge in [0.2, 0.25) is 5.91 Å². The molecule has 0 saturated heterocycles. The lowest BCUT2D eigenvalue weighted by Crippen LogP contribution is -2.23. The molecule has 0 aliphatic carbocycles. The summed E-state index contributed by atoms with van der Waals surface area (Å²) in [4.78, 5) is 40.6. The number of hydrogen-bond acceptors (Lipinski definition) is 7. The number of H-pyrrole nitrogens is 2. The van der Waals surface area contributed by atoms with Gasteiger partial charge in [-0.15, -0.1) is 10.2 Å². The average molecular weight is 479 g/mol. The summed E-state index contributed by atoms with van der Waals surface area (Å²) < 4.78 is 7.21. The third-order valence-corrected chi connectivity index (χ3v) is 5.59. The fourth-order valence-electron chi connectivity index (χ4n) is 3.26. The van der Waals surface area contributed by atoms with Crippen LogP contribution in [0, 0.1) is 0 Å². The number of ether oxygens (including phenoxy) is 1. The Morgan fingerprint density at radius 3 is 2.53 bits per heavy atom. The zero-order valence-electron chi connectivity index (χ0n) is 18.3. The van der Waals surface area contributed by atoms with Crippen molar-refractivity contribution >= 4 is 23.4 Å². The second-order valence-corrected chi connectivity index (χ2v) is 8.10. The Bertz CT molecular complexity index is 1350. The number of hydrogen-bond donors (Lipinski definition) is 3. The van der Waals surface area contributed by atoms with Gasteiger partial charge in [0.25, 0.3) is 5.56 Å². The van der Waals surface area contributed by atoms with Gasteiger partial charge in [-0.3, -0.25) is 19.1 Å². The van der Waals surface area contributed by atoms with Crippen molar-refractivity contribution in [2.75, 3.05) is 17.7 Å². The molecular formula is C23H22N6O4S. The number of aromatic amines is 2. The quantitative estimate of drug-likeness (QED) is 0.314. The molecule has 0 fully saturated rings. The SMILES string of the molecule is CCOc1ccc(NC(=O)CSc2nnc(Cc3cc(=O)[nH]c(=O)[nH]3)n2-c2ccccc2)cc1. The van der Waals surface area contributed by atoms with E-state index in [0.717, 1.165) is 11.4 Å². The number of amides is 1. The standard InChI is InChI=1S/C23H22N6O4S/c1-2-33-18-10-8-15(9-11-18)24-21(31)14-34-23-28-27-19(29(23)17-6-4-3-5-7-17)12-16-13-20(30)26-22(32)25-16/h3-11,13H,2,12,14H2,1H3,(H,24,31)(H2,25,26,30,32). The number of thioether (sulfide) groups is 1. The molecule has 10 nitrogen and oxygen atoms in total. The number of aromatic nitrogens is 5. The molecule has 0 atom stereocenters. The Morgan fingerprint density at radius 2 is 1.82 bits per heavy atom. The molecule has 4 rings (SSSR count). The predicted molar refractivity (Wildman–Crippen MR) is 129 cm³/mol. The molecular weight excluding hydrogens is 456 g/mol. The van der Waals surface area contributed by atoms with Crippen molar-refractivity contribution in [1.29, 1.82) is 0 Å². The van der Waals surface area contributed by atoms with Crippen LogP contribution in [0.1, 0.15) is 18.4 Å². The van der Waals surface area contributed by atoms with Gasteiger partial charge in [-0.05, 0) is 43.3 Å². The molecule has 0 bridgehead atoms. The van der Waals surface area contributed by atoms with Crippen LogP contribution in [0.4, 0.5) is 5.69 Å². The fourth-order valence-corrected chi connectivity index (χ4v) is 4.03. The van der Waals surface area contributed by atoms with Crippen LogP contribution < -0.4 is 21.3 Å². The first-order valence-electron chi connectivity index (χ1n) is 10.5. The number of carbonyl (C=O) groups is 1. The van der Waals surface area contributed by atoms with Gasteiger partial charge in [-0.2, -0.15) is 0 Å². The number of benzene rings is 2. The summed E-state index contributed by atoms with van der Waals surface area (Å²) in [6.07, 6.45) is 0.181. The monoisotopic (exact) mass is 478 g/mol. The van der Waals surface area contributed by atoms with Gasteiger partial charge in [-0.25, -0.2) is 4.79 Å². The van der Waals surface area contributed by atoms with E-state index in [9.17, 15) is 14.4 Å². The molecule has 2 heterocycles. The van der Waals surface area contributed by atoms with Crippen molar-refractivity contribution < 1.29 is 9.53 Å². The number of para-hydroxylation sites is 1. The van der Waals surface area contributed by atoms with Gasteiger partial charge in [0.05, 0.1) is 12.4 Å². The second kappa shape index (κ2) is 10.7. The van der Waals surface area contributed by atoms with Crippen molar-refractivity contribution in [1.82, 2.24) is 24.7 Å². The maximum Gasteiger partial charge on any atom is 0.325 e. The lowest BCUT2D eigenvalue weighted by molar-refractivity contribution is -0.113. The molecule has 2 aromatic carbocycles. The maximum absolute atomic E-state index is 12.5. The van der Waals surface area contributed by atoms with Crippen LogP contribution in [-0.2, 0) is 11.2 Å². The molecule has 174 valence electrons. The van der Waals surface area contributed by atoms with E-state index in [-0.39, 0.29) is 18.1 Å². The number of nitrogens with one attached hydrogen (secondary N) is 3. The van der Waals surface area contributed by atoms with E-state index in [1.54, 1.807) is 28.8 Å². The summed E-state index contributed by atoms with van der Waals surface area (Å²) in [6, 6.07) is 17.9. The smallest absolute Gasteiger partial charge is 0.325 e. The van der Waals surface area contributed by atoms with Crippen molar-refractivity contribution in [3.05, 3.63) is 93.0 Å². The Hall–Kier alpha value is -4.12. The molecule has 0 radical (unpaired) electrons. The van der Waals surface area contributed by atoms with Gasteiger partial charge in [-0.1, -0.05) is 30.0 Å². The van der Waals surface area contributed by atoms with Gasteiger partial charge < -0.3 is 15.0 Å². The Morgan fingerprint density at radius 1 is 1.06 bits per heavy atom. The molecule has 11 heteroatoms. The highest BCUT2D eigenvalue weighted by Crippen LogP contribution is 2.23. The van der Waals surface area contributed by atoms with Crippen LogP contribution in [0.5, 0.6) is 5.75 Å². The van der Waals surface area contributed by atoms with Crippen LogP contribution in [0.15, 0.2) is 75.4 Å². The highest BCUT2D eigenvalue weighted by atomic mass is 32.2. The largest absolute Gasteiger partial charge is 0.494 e. The van der Waals surface area contributed by atoms with E-state index in [0.29, 0.717) is 29.0 Å². The minimum Gasteiger partial charge on any atom is -0.494 e. The molecule has 3 N–H and O–H groups in total. The molecule has 34 heavy (non-hydrogen) atoms. The predicted octanol–water partition coefficient (Wildman–Crippen LogP) is 2.36. The maximum atomic E-state index is 12.5. The third kappa shape index (κ3) is 5.81. The molecule has 2 aromatic heterocycles. The zero-order valence-corrected chi connectivity index (χ0v) is 19.1. The minimum atomic E-state index is -0.589. The van der Waals surface area contributed by atoms with Crippen molar-refractivity contribution in [3.8, 4) is 11.4 Å². The molecule has 0 aliphatic rings. The molecule has 0 aliphatic heterocycles. The van der Waals surface area contributed by atoms with E-state index in [2.05, 4.69) is 25.5 Å². The van der Waals surface area contributed by atoms with Crippen LogP contribution in [-0.4, -0.2) is 43.0 Å². The lowest BCUT2D eigenvalue weighted by atomic mass is 10.2. The summed E-state index contributed by atoms with van der Waals surface area (Å²) in [5.41, 5.74) is 0.781. The van der Waals surface area contributed by atoms with E-state index in [4.69, 9.17) is 4.74 Å². The lowest BCUT2D eigenvalue weighted by Gasteiger charge is -2.10. The van der Waals surface area contributed by atoms with E-state index >= 15 is 0 Å². The van der Waals surface area contributed by atoms with Crippen molar-refractivity contribution in [3.63, 3.8) is 0 Å². The molecule has 4 aromatic rings. The first-order chi connectivity index (χ1) is 16.5. The Balaban J connectivity index is 1.51. The molecule has 0 unspecified atom stereocenters. The first-order valence-corrected chi connectivity index (χ1v) is 11.5. The summed E-state index contributed by atoms with van der Waals surface area (Å²) in [6.45, 7) is 2.48.